The maximum Gasteiger partial charge on any atom is 3.00 e. The number of aromatic nitrogens is 4. The summed E-state index contributed by atoms with van der Waals surface area (Å²) in [5.41, 5.74) is 7.21. The molecule has 3 heterocycles. The normalized spacial score (nSPS) is 14.9. The minimum absolute atomic E-state index is 0. The number of ether oxygens (including phenoxy) is 1. The predicted molar refractivity (Wildman–Crippen MR) is 229 cm³/mol. The first-order valence-corrected chi connectivity index (χ1v) is 20.5. The van der Waals surface area contributed by atoms with Gasteiger partial charge in [0.25, 0.3) is 5.56 Å². The van der Waals surface area contributed by atoms with E-state index in [9.17, 15) is 54.0 Å². The number of fused-ring (bicyclic) bond motifs is 1. The van der Waals surface area contributed by atoms with Gasteiger partial charge >= 0.3 is 45.9 Å². The minimum atomic E-state index is -1.52. The van der Waals surface area contributed by atoms with Gasteiger partial charge in [-0.1, -0.05) is 0 Å². The van der Waals surface area contributed by atoms with Crippen LogP contribution >= 0.6 is 0 Å². The maximum atomic E-state index is 13.2. The molecule has 1 fully saturated rings. The third-order valence-corrected chi connectivity index (χ3v) is 10.1. The second-order valence-electron chi connectivity index (χ2n) is 15.1. The molecule has 25 nitrogen and oxygen atoms in total. The van der Waals surface area contributed by atoms with Gasteiger partial charge in [-0.25, -0.2) is 14.8 Å². The van der Waals surface area contributed by atoms with Crippen LogP contribution in [-0.2, 0) is 40.0 Å². The van der Waals surface area contributed by atoms with E-state index in [2.05, 4.69) is 35.9 Å². The largest absolute Gasteiger partial charge is 3.00 e. The van der Waals surface area contributed by atoms with Crippen LogP contribution in [0, 0.1) is 45.3 Å². The Morgan fingerprint density at radius 1 is 0.731 bits per heavy atom. The summed E-state index contributed by atoms with van der Waals surface area (Å²) in [7, 11) is 0. The van der Waals surface area contributed by atoms with Crippen LogP contribution in [0.2, 0.25) is 0 Å². The molecule has 2 aromatic heterocycles. The number of carbonyl (C=O) groups is 6. The average molecular weight is 1070 g/mol. The van der Waals surface area contributed by atoms with Gasteiger partial charge < -0.3 is 61.2 Å². The Morgan fingerprint density at radius 3 is 1.67 bits per heavy atom. The maximum absolute atomic E-state index is 13.2. The van der Waals surface area contributed by atoms with E-state index in [-0.39, 0.29) is 141 Å². The topological polar surface area (TPSA) is 372 Å². The summed E-state index contributed by atoms with van der Waals surface area (Å²) in [6.07, 6.45) is -0.606. The fourth-order valence-electron chi connectivity index (χ4n) is 6.72. The monoisotopic (exact) mass is 1070 g/mol. The summed E-state index contributed by atoms with van der Waals surface area (Å²) in [6.45, 7) is 0.162. The molecule has 1 radical (unpaired) electrons. The molecular formula is C41H48GdN13O12. The number of rotatable bonds is 19. The fraction of sp³-hybridized carbons (Fsp3) is 0.390. The summed E-state index contributed by atoms with van der Waals surface area (Å²) < 4.78 is 5.42. The molecule has 67 heavy (non-hydrogen) atoms. The number of aliphatic carboxylic acids is 4. The zero-order valence-corrected chi connectivity index (χ0v) is 38.1. The number of carboxylic acids is 4. The van der Waals surface area contributed by atoms with Crippen LogP contribution in [-0.4, -0.2) is 171 Å². The number of anilines is 4. The summed E-state index contributed by atoms with van der Waals surface area (Å²) in [5.74, 6) is -6.85. The van der Waals surface area contributed by atoms with Crippen molar-refractivity contribution in [2.75, 3.05) is 100 Å². The fourth-order valence-corrected chi connectivity index (χ4v) is 6.72. The summed E-state index contributed by atoms with van der Waals surface area (Å²) in [6, 6.07) is 12.4. The Morgan fingerprint density at radius 2 is 1.19 bits per heavy atom. The number of carbonyl (C=O) groups excluding carboxylic acids is 5. The minimum Gasteiger partial charge on any atom is -0.549 e. The number of carboxylic acid groups (broad SMARTS) is 4. The van der Waals surface area contributed by atoms with Gasteiger partial charge in [0.05, 0.1) is 42.9 Å². The van der Waals surface area contributed by atoms with Crippen molar-refractivity contribution in [2.24, 2.45) is 0 Å². The van der Waals surface area contributed by atoms with Crippen LogP contribution in [0.3, 0.4) is 0 Å². The molecule has 0 aliphatic carbocycles. The van der Waals surface area contributed by atoms with Crippen molar-refractivity contribution >= 4 is 75.8 Å². The van der Waals surface area contributed by atoms with Crippen LogP contribution in [0.25, 0.3) is 11.2 Å². The van der Waals surface area contributed by atoms with Crippen molar-refractivity contribution < 1.29 is 93.9 Å². The molecule has 1 aliphatic rings. The number of H-pyrrole nitrogens is 1. The molecule has 2 aromatic carbocycles. The van der Waals surface area contributed by atoms with E-state index in [1.54, 1.807) is 26.8 Å². The zero-order chi connectivity index (χ0) is 47.8. The standard InChI is InChI=1S/C41H51N13O12.Gd/c42-37(25-1-3-26(4-2-25)44-19-29-20-45-38-36(48-29)39(63)50-41(43)49-38)66-30(40(64)65)9-10-31(55)46-27-5-7-28(8-6-27)47-32(56)21-51-11-13-52(22-33(57)58)15-17-54(24-35(61)62)18-16-53(14-12-51)23-34(59)60;/h1-8,20,30,42,44H,9-19,21-24H2,(H,46,55)(H,47,56)(H,57,58)(H,59,60)(H,61,62)(H,64,65)(H3,43,45,49,50,63);/q;+3/p-3. The van der Waals surface area contributed by atoms with Crippen molar-refractivity contribution in [3.05, 3.63) is 76.3 Å². The van der Waals surface area contributed by atoms with Crippen LogP contribution in [0.5, 0.6) is 0 Å². The molecule has 357 valence electrons. The van der Waals surface area contributed by atoms with E-state index in [1.807, 2.05) is 0 Å². The van der Waals surface area contributed by atoms with Gasteiger partial charge in [0.2, 0.25) is 23.7 Å². The number of nitrogens with zero attached hydrogens (tertiary/aromatic N) is 7. The van der Waals surface area contributed by atoms with Crippen LogP contribution < -0.4 is 42.6 Å². The molecule has 0 bridgehead atoms. The average Bonchev–Trinajstić information content (AvgIpc) is 3.25. The molecule has 26 heteroatoms. The van der Waals surface area contributed by atoms with Gasteiger partial charge in [-0.3, -0.25) is 44.4 Å². The van der Waals surface area contributed by atoms with E-state index in [0.29, 0.717) is 22.8 Å². The second-order valence-corrected chi connectivity index (χ2v) is 15.1. The Bertz CT molecular complexity index is 2410. The molecule has 8 N–H and O–H groups in total. The van der Waals surface area contributed by atoms with Crippen molar-refractivity contribution in [1.29, 1.82) is 5.41 Å². The number of nitrogens with one attached hydrogen (secondary N) is 5. The van der Waals surface area contributed by atoms with Crippen LogP contribution in [0.15, 0.2) is 59.5 Å². The first kappa shape index (κ1) is 53.3. The van der Waals surface area contributed by atoms with E-state index < -0.39 is 72.9 Å². The summed E-state index contributed by atoms with van der Waals surface area (Å²) >= 11 is 0. The first-order chi connectivity index (χ1) is 31.5. The number of hydrogen-bond acceptors (Lipinski definition) is 21. The van der Waals surface area contributed by atoms with E-state index in [0.717, 1.165) is 0 Å². The van der Waals surface area contributed by atoms with Crippen LogP contribution in [0.4, 0.5) is 23.0 Å². The quantitative estimate of drug-likeness (QED) is 0.0344. The van der Waals surface area contributed by atoms with Gasteiger partial charge in [0.1, 0.15) is 0 Å². The predicted octanol–water partition coefficient (Wildman–Crippen LogP) is -4.47. The summed E-state index contributed by atoms with van der Waals surface area (Å²) in [4.78, 5) is 105. The molecule has 1 aliphatic heterocycles. The first-order valence-electron chi connectivity index (χ1n) is 20.5. The third-order valence-electron chi connectivity index (χ3n) is 10.1. The Hall–Kier alpha value is -6.29. The number of hydrogen-bond donors (Lipinski definition) is 7. The van der Waals surface area contributed by atoms with E-state index >= 15 is 0 Å². The number of nitrogens with two attached hydrogens (primary N) is 1. The smallest absolute Gasteiger partial charge is 0.549 e. The summed E-state index contributed by atoms with van der Waals surface area (Å²) in [5, 5.41) is 60.8. The zero-order valence-electron chi connectivity index (χ0n) is 35.9. The molecule has 0 spiro atoms. The van der Waals surface area contributed by atoms with Crippen molar-refractivity contribution in [1.82, 2.24) is 39.5 Å². The number of nitrogen functional groups attached to an aromatic ring is 1. The third kappa shape index (κ3) is 18.1. The van der Waals surface area contributed by atoms with Gasteiger partial charge in [-0.05, 0) is 48.5 Å². The Kier molecular flexibility index (Phi) is 20.8. The van der Waals surface area contributed by atoms with Gasteiger partial charge in [0, 0.05) is 107 Å². The van der Waals surface area contributed by atoms with Gasteiger partial charge in [0.15, 0.2) is 17.3 Å². The van der Waals surface area contributed by atoms with Crippen LogP contribution in [0.1, 0.15) is 24.1 Å². The molecule has 5 rings (SSSR count). The van der Waals surface area contributed by atoms with Crippen molar-refractivity contribution in [3.8, 4) is 0 Å². The van der Waals surface area contributed by atoms with Gasteiger partial charge in [-0.2, -0.15) is 4.98 Å². The molecule has 1 saturated heterocycles. The molecule has 0 saturated carbocycles. The van der Waals surface area contributed by atoms with Gasteiger partial charge in [-0.15, -0.1) is 0 Å². The molecule has 4 aromatic rings. The van der Waals surface area contributed by atoms with E-state index in [4.69, 9.17) is 15.9 Å². The number of amides is 2. The number of benzene rings is 2. The Labute approximate surface area is 414 Å². The Balaban J connectivity index is 0.00000980. The second kappa shape index (κ2) is 26.2. The van der Waals surface area contributed by atoms with Crippen molar-refractivity contribution in [2.45, 2.75) is 25.5 Å². The number of aromatic amines is 1. The van der Waals surface area contributed by atoms with E-state index in [1.165, 1.54) is 47.5 Å². The molecule has 2 amide bonds. The van der Waals surface area contributed by atoms with Crippen molar-refractivity contribution in [3.63, 3.8) is 0 Å². The molecular weight excluding hydrogens is 1020 g/mol. The molecule has 1 atom stereocenters. The SMILES string of the molecule is N=C(OC(CCC(=O)Nc1ccc(NC(=O)CN2CCN(CC(=O)[O-])CCN(CC(=O)[O-])CCN(CC(=O)[O-])CC2)cc1)C(=O)O)c1ccc(NCc2cnc3nc(N)[nH]c(=O)c3n2)cc1.[Gd+3]. The molecule has 1 unspecified atom stereocenters.